The highest BCUT2D eigenvalue weighted by Gasteiger charge is 2.48. The standard InChI is InChI=1S/C27H36N6O4S/c1-18-12-22(38(28,35)36)7-8-23(18)30-26-31-25-19(6-9-24(34)33(25)20-4-2-3-5-20)15-32(26)10-11-37-21-13-27(14-21)16-29-17-27/h6-9,12,15,20-21,26,29-30H,2-5,10-11,13-14,16-17H2,1H3,(H2,28,35,36). The van der Waals surface area contributed by atoms with Gasteiger partial charge in [0.05, 0.1) is 17.6 Å². The van der Waals surface area contributed by atoms with E-state index in [2.05, 4.69) is 21.7 Å². The molecule has 0 amide bonds. The summed E-state index contributed by atoms with van der Waals surface area (Å²) in [6.07, 6.45) is 8.29. The molecule has 2 aliphatic heterocycles. The van der Waals surface area contributed by atoms with Gasteiger partial charge in [0.25, 0.3) is 5.56 Å². The van der Waals surface area contributed by atoms with E-state index in [9.17, 15) is 13.2 Å². The highest BCUT2D eigenvalue weighted by molar-refractivity contribution is 7.89. The van der Waals surface area contributed by atoms with Gasteiger partial charge in [-0.15, -0.1) is 0 Å². The van der Waals surface area contributed by atoms with Crippen molar-refractivity contribution in [1.29, 1.82) is 0 Å². The van der Waals surface area contributed by atoms with Gasteiger partial charge >= 0.3 is 0 Å². The SMILES string of the molecule is Cc1cc(S(N)(=O)=O)ccc1NC1N=c2c(ccc(=O)n2C2CCCC2)=CN1CCOC1CC2(CNC2)C1. The minimum Gasteiger partial charge on any atom is -0.376 e. The Balaban J connectivity index is 1.28. The summed E-state index contributed by atoms with van der Waals surface area (Å²) < 4.78 is 31.7. The second kappa shape index (κ2) is 9.78. The number of ether oxygens (including phenoxy) is 1. The second-order valence-electron chi connectivity index (χ2n) is 11.3. The molecule has 204 valence electrons. The summed E-state index contributed by atoms with van der Waals surface area (Å²) in [7, 11) is -3.80. The molecule has 4 aliphatic rings. The number of aromatic nitrogens is 1. The van der Waals surface area contributed by atoms with Crippen LogP contribution in [-0.2, 0) is 14.8 Å². The molecule has 1 aromatic carbocycles. The molecule has 6 rings (SSSR count). The molecule has 11 heteroatoms. The molecule has 3 fully saturated rings. The minimum atomic E-state index is -3.80. The van der Waals surface area contributed by atoms with E-state index in [0.29, 0.717) is 30.2 Å². The third kappa shape index (κ3) is 4.88. The van der Waals surface area contributed by atoms with Gasteiger partial charge in [-0.1, -0.05) is 12.8 Å². The number of nitrogens with zero attached hydrogens (tertiary/aromatic N) is 3. The molecular weight excluding hydrogens is 504 g/mol. The van der Waals surface area contributed by atoms with Gasteiger partial charge in [0.1, 0.15) is 5.49 Å². The number of benzene rings is 1. The summed E-state index contributed by atoms with van der Waals surface area (Å²) in [5.74, 6) is 0. The van der Waals surface area contributed by atoms with Crippen LogP contribution in [0, 0.1) is 12.3 Å². The van der Waals surface area contributed by atoms with Gasteiger partial charge < -0.3 is 20.3 Å². The normalized spacial score (nSPS) is 22.8. The first-order valence-corrected chi connectivity index (χ1v) is 15.0. The third-order valence-electron chi connectivity index (χ3n) is 8.52. The van der Waals surface area contributed by atoms with E-state index in [0.717, 1.165) is 68.1 Å². The minimum absolute atomic E-state index is 0.0265. The molecule has 0 radical (unpaired) electrons. The summed E-state index contributed by atoms with van der Waals surface area (Å²) in [5, 5.41) is 13.1. The van der Waals surface area contributed by atoms with Gasteiger partial charge in [-0.2, -0.15) is 0 Å². The van der Waals surface area contributed by atoms with Gasteiger partial charge in [-0.25, -0.2) is 18.5 Å². The summed E-state index contributed by atoms with van der Waals surface area (Å²) in [4.78, 5) is 20.2. The Hall–Kier alpha value is -2.73. The number of primary sulfonamides is 1. The molecule has 1 spiro atoms. The van der Waals surface area contributed by atoms with E-state index >= 15 is 0 Å². The van der Waals surface area contributed by atoms with Crippen molar-refractivity contribution in [3.05, 3.63) is 57.0 Å². The molecule has 10 nitrogen and oxygen atoms in total. The van der Waals surface area contributed by atoms with Gasteiger partial charge in [0.15, 0.2) is 6.29 Å². The van der Waals surface area contributed by atoms with Crippen LogP contribution in [0.5, 0.6) is 0 Å². The number of fused-ring (bicyclic) bond motifs is 1. The fraction of sp³-hybridized carbons (Fsp3) is 0.556. The molecule has 1 atom stereocenters. The number of pyridine rings is 1. The van der Waals surface area contributed by atoms with Crippen molar-refractivity contribution in [2.24, 2.45) is 15.5 Å². The average molecular weight is 541 g/mol. The van der Waals surface area contributed by atoms with Crippen molar-refractivity contribution in [2.45, 2.75) is 68.8 Å². The highest BCUT2D eigenvalue weighted by atomic mass is 32.2. The van der Waals surface area contributed by atoms with E-state index in [1.807, 2.05) is 17.6 Å². The summed E-state index contributed by atoms with van der Waals surface area (Å²) in [6, 6.07) is 8.42. The molecule has 1 aromatic heterocycles. The van der Waals surface area contributed by atoms with Gasteiger partial charge in [0, 0.05) is 54.3 Å². The van der Waals surface area contributed by atoms with Crippen LogP contribution in [0.15, 0.2) is 45.0 Å². The predicted molar refractivity (Wildman–Crippen MR) is 144 cm³/mol. The predicted octanol–water partition coefficient (Wildman–Crippen LogP) is 0.757. The first-order valence-electron chi connectivity index (χ1n) is 13.5. The van der Waals surface area contributed by atoms with Crippen molar-refractivity contribution in [3.8, 4) is 0 Å². The quantitative estimate of drug-likeness (QED) is 0.451. The molecule has 4 N–H and O–H groups in total. The van der Waals surface area contributed by atoms with Crippen LogP contribution in [0.1, 0.15) is 50.1 Å². The van der Waals surface area contributed by atoms with E-state index in [1.165, 1.54) is 6.07 Å². The number of hydrogen-bond acceptors (Lipinski definition) is 8. The lowest BCUT2D eigenvalue weighted by molar-refractivity contribution is -0.105. The number of sulfonamides is 1. The molecule has 2 aliphatic carbocycles. The zero-order valence-electron chi connectivity index (χ0n) is 21.7. The second-order valence-corrected chi connectivity index (χ2v) is 12.9. The number of rotatable bonds is 8. The fourth-order valence-corrected chi connectivity index (χ4v) is 6.88. The van der Waals surface area contributed by atoms with Crippen molar-refractivity contribution in [3.63, 3.8) is 0 Å². The van der Waals surface area contributed by atoms with E-state index < -0.39 is 16.3 Å². The Morgan fingerprint density at radius 1 is 1.18 bits per heavy atom. The van der Waals surface area contributed by atoms with Crippen LogP contribution in [-0.4, -0.2) is 56.5 Å². The Kier molecular flexibility index (Phi) is 6.58. The summed E-state index contributed by atoms with van der Waals surface area (Å²) >= 11 is 0. The maximum atomic E-state index is 12.9. The number of anilines is 1. The lowest BCUT2D eigenvalue weighted by Gasteiger charge is -2.54. The largest absolute Gasteiger partial charge is 0.376 e. The van der Waals surface area contributed by atoms with Crippen molar-refractivity contribution >= 4 is 21.9 Å². The molecule has 2 saturated carbocycles. The number of nitrogens with two attached hydrogens (primary N) is 1. The Morgan fingerprint density at radius 3 is 2.61 bits per heavy atom. The van der Waals surface area contributed by atoms with Crippen LogP contribution in [0.2, 0.25) is 0 Å². The van der Waals surface area contributed by atoms with Crippen LogP contribution in [0.4, 0.5) is 5.69 Å². The topological polar surface area (TPSA) is 131 Å². The molecule has 0 bridgehead atoms. The zero-order chi connectivity index (χ0) is 26.5. The lowest BCUT2D eigenvalue weighted by atomic mass is 9.63. The number of nitrogens with one attached hydrogen (secondary N) is 2. The zero-order valence-corrected chi connectivity index (χ0v) is 22.5. The molecule has 1 unspecified atom stereocenters. The first kappa shape index (κ1) is 25.5. The van der Waals surface area contributed by atoms with E-state index in [-0.39, 0.29) is 16.5 Å². The average Bonchev–Trinajstić information content (AvgIpc) is 3.34. The Bertz CT molecular complexity index is 1500. The maximum absolute atomic E-state index is 12.9. The van der Waals surface area contributed by atoms with Crippen molar-refractivity contribution in [2.75, 3.05) is 31.6 Å². The maximum Gasteiger partial charge on any atom is 0.252 e. The van der Waals surface area contributed by atoms with Crippen LogP contribution in [0.25, 0.3) is 6.20 Å². The van der Waals surface area contributed by atoms with Gasteiger partial charge in [-0.05, 0) is 62.4 Å². The fourth-order valence-electron chi connectivity index (χ4n) is 6.28. The molecule has 38 heavy (non-hydrogen) atoms. The number of aryl methyl sites for hydroxylation is 1. The smallest absolute Gasteiger partial charge is 0.252 e. The van der Waals surface area contributed by atoms with E-state index in [4.69, 9.17) is 14.9 Å². The number of hydrogen-bond donors (Lipinski definition) is 3. The molecule has 2 aromatic rings. The highest BCUT2D eigenvalue weighted by Crippen LogP contribution is 2.45. The first-order chi connectivity index (χ1) is 18.2. The monoisotopic (exact) mass is 540 g/mol. The molecular formula is C27H36N6O4S. The van der Waals surface area contributed by atoms with Crippen LogP contribution >= 0.6 is 0 Å². The Labute approximate surface area is 222 Å². The van der Waals surface area contributed by atoms with Gasteiger partial charge in [0.2, 0.25) is 10.0 Å². The van der Waals surface area contributed by atoms with E-state index in [1.54, 1.807) is 18.2 Å². The molecule has 1 saturated heterocycles. The summed E-state index contributed by atoms with van der Waals surface area (Å²) in [6.45, 7) is 5.22. The third-order valence-corrected chi connectivity index (χ3v) is 9.43. The molecule has 3 heterocycles. The van der Waals surface area contributed by atoms with Crippen molar-refractivity contribution in [1.82, 2.24) is 14.8 Å². The van der Waals surface area contributed by atoms with Crippen LogP contribution in [0.3, 0.4) is 0 Å². The van der Waals surface area contributed by atoms with Gasteiger partial charge in [-0.3, -0.25) is 9.36 Å². The lowest BCUT2D eigenvalue weighted by Crippen LogP contribution is -2.62. The summed E-state index contributed by atoms with van der Waals surface area (Å²) in [5.41, 5.74) is 2.62. The Morgan fingerprint density at radius 2 is 1.95 bits per heavy atom. The van der Waals surface area contributed by atoms with Crippen LogP contribution < -0.4 is 32.0 Å². The van der Waals surface area contributed by atoms with Crippen molar-refractivity contribution < 1.29 is 13.2 Å².